The summed E-state index contributed by atoms with van der Waals surface area (Å²) in [6.45, 7) is 3.39. The zero-order chi connectivity index (χ0) is 20.2. The van der Waals surface area contributed by atoms with Crippen LogP contribution in [0.4, 0.5) is 17.3 Å². The summed E-state index contributed by atoms with van der Waals surface area (Å²) in [5, 5.41) is 19.9. The number of nitrogens with zero attached hydrogens (tertiary/aromatic N) is 5. The third kappa shape index (κ3) is 3.74. The molecule has 0 radical (unpaired) electrons. The Morgan fingerprint density at radius 3 is 2.66 bits per heavy atom. The van der Waals surface area contributed by atoms with E-state index in [1.54, 1.807) is 12.4 Å². The number of hydrogen-bond donors (Lipinski definition) is 2. The Balaban J connectivity index is 1.42. The van der Waals surface area contributed by atoms with Crippen molar-refractivity contribution in [2.45, 2.75) is 44.2 Å². The van der Waals surface area contributed by atoms with Crippen LogP contribution in [0.1, 0.15) is 38.6 Å². The second-order valence-corrected chi connectivity index (χ2v) is 8.96. The van der Waals surface area contributed by atoms with Crippen molar-refractivity contribution >= 4 is 51.4 Å². The van der Waals surface area contributed by atoms with E-state index in [1.807, 2.05) is 23.7 Å². The van der Waals surface area contributed by atoms with E-state index < -0.39 is 5.60 Å². The van der Waals surface area contributed by atoms with E-state index >= 15 is 0 Å². The first-order chi connectivity index (χ1) is 13.9. The van der Waals surface area contributed by atoms with Crippen LogP contribution >= 0.6 is 23.2 Å². The van der Waals surface area contributed by atoms with Gasteiger partial charge in [-0.15, -0.1) is 0 Å². The summed E-state index contributed by atoms with van der Waals surface area (Å²) >= 11 is 13.0. The van der Waals surface area contributed by atoms with E-state index in [1.165, 1.54) is 0 Å². The number of fused-ring (bicyclic) bond motifs is 1. The van der Waals surface area contributed by atoms with Crippen molar-refractivity contribution in [3.05, 3.63) is 34.7 Å². The molecule has 2 aromatic heterocycles. The van der Waals surface area contributed by atoms with E-state index in [9.17, 15) is 5.11 Å². The molecule has 1 saturated carbocycles. The van der Waals surface area contributed by atoms with Gasteiger partial charge in [-0.2, -0.15) is 5.10 Å². The number of nitrogens with one attached hydrogen (secondary N) is 1. The first-order valence-corrected chi connectivity index (χ1v) is 10.6. The molecule has 0 atom stereocenters. The second kappa shape index (κ2) is 7.00. The lowest BCUT2D eigenvalue weighted by Crippen LogP contribution is -2.42. The van der Waals surface area contributed by atoms with Crippen molar-refractivity contribution in [3.8, 4) is 0 Å². The standard InChI is InChI=1S/C20H22Cl2N6O/c1-20(29)4-6-27(7-5-20)17-9-15-12(8-14(17)21)10-23-19(25-15)26-16-11-24-28(18(16)22)13-2-3-13/h8-11,13,29H,2-7H2,1H3,(H,23,25,26). The number of anilines is 3. The Bertz CT molecular complexity index is 1070. The summed E-state index contributed by atoms with van der Waals surface area (Å²) < 4.78 is 1.84. The highest BCUT2D eigenvalue weighted by molar-refractivity contribution is 6.34. The highest BCUT2D eigenvalue weighted by atomic mass is 35.5. The average molecular weight is 433 g/mol. The summed E-state index contributed by atoms with van der Waals surface area (Å²) in [6.07, 6.45) is 7.11. The molecule has 1 aliphatic carbocycles. The lowest BCUT2D eigenvalue weighted by atomic mass is 9.93. The number of rotatable bonds is 4. The second-order valence-electron chi connectivity index (χ2n) is 8.19. The lowest BCUT2D eigenvalue weighted by Gasteiger charge is -2.37. The Hall–Kier alpha value is -2.09. The van der Waals surface area contributed by atoms with Crippen molar-refractivity contribution in [2.24, 2.45) is 0 Å². The van der Waals surface area contributed by atoms with Crippen LogP contribution in [0, 0.1) is 0 Å². The highest BCUT2D eigenvalue weighted by Gasteiger charge is 2.29. The van der Waals surface area contributed by atoms with Crippen molar-refractivity contribution in [2.75, 3.05) is 23.3 Å². The normalized spacial score (nSPS) is 19.0. The maximum absolute atomic E-state index is 10.2. The molecule has 0 spiro atoms. The number of hydrogen-bond acceptors (Lipinski definition) is 6. The Labute approximate surface area is 178 Å². The minimum absolute atomic E-state index is 0.408. The van der Waals surface area contributed by atoms with E-state index in [2.05, 4.69) is 25.3 Å². The third-order valence-corrected chi connectivity index (χ3v) is 6.38. The molecule has 1 aliphatic heterocycles. The maximum Gasteiger partial charge on any atom is 0.227 e. The monoisotopic (exact) mass is 432 g/mol. The van der Waals surface area contributed by atoms with Gasteiger partial charge in [0.15, 0.2) is 5.15 Å². The molecule has 2 aliphatic rings. The number of piperidine rings is 1. The molecule has 1 aromatic carbocycles. The molecule has 2 fully saturated rings. The molecule has 9 heteroatoms. The van der Waals surface area contributed by atoms with Gasteiger partial charge in [-0.3, -0.25) is 0 Å². The molecule has 0 unspecified atom stereocenters. The van der Waals surface area contributed by atoms with Crippen LogP contribution in [0.2, 0.25) is 10.2 Å². The molecule has 5 rings (SSSR count). The lowest BCUT2D eigenvalue weighted by molar-refractivity contribution is 0.0351. The predicted molar refractivity (Wildman–Crippen MR) is 115 cm³/mol. The smallest absolute Gasteiger partial charge is 0.227 e. The molecular weight excluding hydrogens is 411 g/mol. The number of aliphatic hydroxyl groups is 1. The quantitative estimate of drug-likeness (QED) is 0.628. The van der Waals surface area contributed by atoms with Crippen LogP contribution in [0.5, 0.6) is 0 Å². The first kappa shape index (κ1) is 18.9. The molecule has 152 valence electrons. The zero-order valence-corrected chi connectivity index (χ0v) is 17.6. The van der Waals surface area contributed by atoms with Crippen LogP contribution in [0.15, 0.2) is 24.5 Å². The average Bonchev–Trinajstić information content (AvgIpc) is 3.46. The fourth-order valence-corrected chi connectivity index (χ4v) is 4.27. The summed E-state index contributed by atoms with van der Waals surface area (Å²) in [5.41, 5.74) is 1.82. The van der Waals surface area contributed by atoms with E-state index in [0.717, 1.165) is 42.5 Å². The molecule has 0 bridgehead atoms. The van der Waals surface area contributed by atoms with Gasteiger partial charge in [0.25, 0.3) is 0 Å². The van der Waals surface area contributed by atoms with Crippen LogP contribution in [-0.2, 0) is 0 Å². The molecule has 7 nitrogen and oxygen atoms in total. The van der Waals surface area contributed by atoms with Gasteiger partial charge in [0, 0.05) is 24.7 Å². The van der Waals surface area contributed by atoms with Crippen molar-refractivity contribution in [1.82, 2.24) is 19.7 Å². The molecule has 0 amide bonds. The molecule has 3 aromatic rings. The van der Waals surface area contributed by atoms with Gasteiger partial charge < -0.3 is 15.3 Å². The molecule has 3 heterocycles. The number of halogens is 2. The summed E-state index contributed by atoms with van der Waals surface area (Å²) in [6, 6.07) is 4.28. The van der Waals surface area contributed by atoms with Crippen LogP contribution < -0.4 is 10.2 Å². The van der Waals surface area contributed by atoms with Gasteiger partial charge in [0.05, 0.1) is 39.8 Å². The minimum Gasteiger partial charge on any atom is -0.390 e. The van der Waals surface area contributed by atoms with Crippen molar-refractivity contribution in [1.29, 1.82) is 0 Å². The van der Waals surface area contributed by atoms with Crippen LogP contribution in [0.25, 0.3) is 10.9 Å². The van der Waals surface area contributed by atoms with Gasteiger partial charge in [0.1, 0.15) is 0 Å². The van der Waals surface area contributed by atoms with E-state index in [0.29, 0.717) is 40.7 Å². The van der Waals surface area contributed by atoms with Crippen LogP contribution in [0.3, 0.4) is 0 Å². The fourth-order valence-electron chi connectivity index (χ4n) is 3.70. The predicted octanol–water partition coefficient (Wildman–Crippen LogP) is 4.56. The van der Waals surface area contributed by atoms with E-state index in [-0.39, 0.29) is 0 Å². The Morgan fingerprint density at radius 2 is 1.93 bits per heavy atom. The van der Waals surface area contributed by atoms with Crippen molar-refractivity contribution in [3.63, 3.8) is 0 Å². The van der Waals surface area contributed by atoms with Gasteiger partial charge in [0.2, 0.25) is 5.95 Å². The highest BCUT2D eigenvalue weighted by Crippen LogP contribution is 2.39. The summed E-state index contributed by atoms with van der Waals surface area (Å²) in [7, 11) is 0. The SMILES string of the molecule is CC1(O)CCN(c2cc3nc(Nc4cnn(C5CC5)c4Cl)ncc3cc2Cl)CC1. The van der Waals surface area contributed by atoms with Crippen molar-refractivity contribution < 1.29 is 5.11 Å². The Kier molecular flexibility index (Phi) is 4.57. The first-order valence-electron chi connectivity index (χ1n) is 9.83. The summed E-state index contributed by atoms with van der Waals surface area (Å²) in [4.78, 5) is 11.2. The molecule has 1 saturated heterocycles. The minimum atomic E-state index is -0.608. The topological polar surface area (TPSA) is 79.1 Å². The number of benzene rings is 1. The Morgan fingerprint density at radius 1 is 1.17 bits per heavy atom. The zero-order valence-electron chi connectivity index (χ0n) is 16.1. The van der Waals surface area contributed by atoms with E-state index in [4.69, 9.17) is 23.2 Å². The van der Waals surface area contributed by atoms with Gasteiger partial charge in [-0.05, 0) is 44.7 Å². The number of aromatic nitrogens is 4. The third-order valence-electron chi connectivity index (χ3n) is 5.70. The largest absolute Gasteiger partial charge is 0.390 e. The maximum atomic E-state index is 10.2. The van der Waals surface area contributed by atoms with Crippen LogP contribution in [-0.4, -0.2) is 43.5 Å². The van der Waals surface area contributed by atoms with Gasteiger partial charge >= 0.3 is 0 Å². The fraction of sp³-hybridized carbons (Fsp3) is 0.450. The summed E-state index contributed by atoms with van der Waals surface area (Å²) in [5.74, 6) is 0.463. The van der Waals surface area contributed by atoms with Gasteiger partial charge in [-0.1, -0.05) is 23.2 Å². The molecular formula is C20H22Cl2N6O. The van der Waals surface area contributed by atoms with Gasteiger partial charge in [-0.25, -0.2) is 14.6 Å². The molecule has 29 heavy (non-hydrogen) atoms. The molecule has 2 N–H and O–H groups in total.